The Morgan fingerprint density at radius 2 is 2.09 bits per heavy atom. The number of nitrogens with zero attached hydrogens (tertiary/aromatic N) is 3. The van der Waals surface area contributed by atoms with Crippen molar-refractivity contribution in [2.45, 2.75) is 33.9 Å². The smallest absolute Gasteiger partial charge is 0.191 e. The zero-order valence-corrected chi connectivity index (χ0v) is 17.3. The summed E-state index contributed by atoms with van der Waals surface area (Å²) in [5, 5.41) is 8.08. The van der Waals surface area contributed by atoms with Gasteiger partial charge in [-0.05, 0) is 32.4 Å². The summed E-state index contributed by atoms with van der Waals surface area (Å²) in [6.45, 7) is 8.18. The Morgan fingerprint density at radius 3 is 2.65 bits per heavy atom. The minimum atomic E-state index is 0. The fourth-order valence-electron chi connectivity index (χ4n) is 1.79. The Labute approximate surface area is 163 Å². The largest absolute Gasteiger partial charge is 0.357 e. The summed E-state index contributed by atoms with van der Waals surface area (Å²) in [7, 11) is 0. The second-order valence-electron chi connectivity index (χ2n) is 4.79. The molecule has 0 saturated heterocycles. The molecule has 0 bridgehead atoms. The molecular formula is C15H21ClIN5S. The van der Waals surface area contributed by atoms with Gasteiger partial charge in [0.1, 0.15) is 10.2 Å². The average Bonchev–Trinajstić information content (AvgIpc) is 2.82. The lowest BCUT2D eigenvalue weighted by atomic mass is 10.3. The van der Waals surface area contributed by atoms with E-state index in [0.29, 0.717) is 18.2 Å². The van der Waals surface area contributed by atoms with Crippen molar-refractivity contribution in [2.24, 2.45) is 4.99 Å². The first-order valence-corrected chi connectivity index (χ1v) is 8.33. The molecule has 23 heavy (non-hydrogen) atoms. The summed E-state index contributed by atoms with van der Waals surface area (Å²) in [5.74, 6) is 0.767. The molecule has 0 atom stereocenters. The number of rotatable bonds is 5. The molecule has 2 aromatic rings. The van der Waals surface area contributed by atoms with Crippen LogP contribution in [0, 0.1) is 13.8 Å². The molecule has 0 aliphatic heterocycles. The standard InChI is InChI=1S/C15H20ClN5S.HI/c1-4-17-15(19-8-12-5-6-13(16)18-7-12)20-9-14-21-10(2)11(3)22-14;/h5-7H,4,8-9H2,1-3H3,(H2,17,19,20);1H. The highest BCUT2D eigenvalue weighted by Crippen LogP contribution is 2.15. The van der Waals surface area contributed by atoms with E-state index < -0.39 is 0 Å². The molecule has 0 spiro atoms. The van der Waals surface area contributed by atoms with Crippen LogP contribution in [0.3, 0.4) is 0 Å². The van der Waals surface area contributed by atoms with Gasteiger partial charge in [-0.1, -0.05) is 17.7 Å². The van der Waals surface area contributed by atoms with Crippen LogP contribution in [0.4, 0.5) is 0 Å². The summed E-state index contributed by atoms with van der Waals surface area (Å²) in [6.07, 6.45) is 1.74. The van der Waals surface area contributed by atoms with Crippen molar-refractivity contribution in [1.82, 2.24) is 20.6 Å². The number of pyridine rings is 1. The van der Waals surface area contributed by atoms with Crippen LogP contribution in [0.25, 0.3) is 0 Å². The first-order valence-electron chi connectivity index (χ1n) is 7.14. The van der Waals surface area contributed by atoms with E-state index in [-0.39, 0.29) is 24.0 Å². The molecule has 0 aromatic carbocycles. The van der Waals surface area contributed by atoms with E-state index in [9.17, 15) is 0 Å². The van der Waals surface area contributed by atoms with Crippen molar-refractivity contribution < 1.29 is 0 Å². The van der Waals surface area contributed by atoms with Crippen LogP contribution in [-0.2, 0) is 13.1 Å². The zero-order valence-electron chi connectivity index (χ0n) is 13.4. The Kier molecular flexibility index (Phi) is 8.78. The summed E-state index contributed by atoms with van der Waals surface area (Å²) < 4.78 is 0. The van der Waals surface area contributed by atoms with Crippen LogP contribution in [0.1, 0.15) is 28.1 Å². The van der Waals surface area contributed by atoms with Gasteiger partial charge < -0.3 is 10.6 Å². The van der Waals surface area contributed by atoms with Gasteiger partial charge in [0.05, 0.1) is 18.8 Å². The van der Waals surface area contributed by atoms with E-state index in [1.54, 1.807) is 23.6 Å². The first kappa shape index (κ1) is 20.1. The zero-order chi connectivity index (χ0) is 15.9. The fourth-order valence-corrected chi connectivity index (χ4v) is 2.77. The predicted molar refractivity (Wildman–Crippen MR) is 108 cm³/mol. The van der Waals surface area contributed by atoms with E-state index in [1.165, 1.54) is 4.88 Å². The summed E-state index contributed by atoms with van der Waals surface area (Å²) in [4.78, 5) is 14.4. The van der Waals surface area contributed by atoms with Gasteiger partial charge in [0, 0.05) is 17.6 Å². The molecule has 0 saturated carbocycles. The molecule has 0 amide bonds. The Bertz CT molecular complexity index is 622. The number of hydrogen-bond acceptors (Lipinski definition) is 4. The highest BCUT2D eigenvalue weighted by atomic mass is 127. The average molecular weight is 466 g/mol. The molecule has 2 aromatic heterocycles. The summed E-state index contributed by atoms with van der Waals surface area (Å²) in [6, 6.07) is 3.70. The van der Waals surface area contributed by atoms with Gasteiger partial charge in [-0.15, -0.1) is 35.3 Å². The van der Waals surface area contributed by atoms with Gasteiger partial charge in [0.25, 0.3) is 0 Å². The van der Waals surface area contributed by atoms with Gasteiger partial charge in [-0.2, -0.15) is 0 Å². The third kappa shape index (κ3) is 6.60. The minimum Gasteiger partial charge on any atom is -0.357 e. The number of guanidine groups is 1. The van der Waals surface area contributed by atoms with E-state index in [4.69, 9.17) is 11.6 Å². The topological polar surface area (TPSA) is 62.2 Å². The number of nitrogens with one attached hydrogen (secondary N) is 2. The van der Waals surface area contributed by atoms with Crippen LogP contribution in [0.2, 0.25) is 5.15 Å². The Balaban J connectivity index is 0.00000264. The van der Waals surface area contributed by atoms with Crippen LogP contribution >= 0.6 is 46.9 Å². The maximum absolute atomic E-state index is 5.78. The molecule has 2 rings (SSSR count). The van der Waals surface area contributed by atoms with Crippen LogP contribution in [0.5, 0.6) is 0 Å². The van der Waals surface area contributed by atoms with Crippen molar-refractivity contribution >= 4 is 52.9 Å². The predicted octanol–water partition coefficient (Wildman–Crippen LogP) is 3.68. The van der Waals surface area contributed by atoms with E-state index in [0.717, 1.165) is 28.8 Å². The van der Waals surface area contributed by atoms with Crippen molar-refractivity contribution in [3.63, 3.8) is 0 Å². The number of aryl methyl sites for hydroxylation is 2. The molecule has 0 radical (unpaired) electrons. The van der Waals surface area contributed by atoms with E-state index in [2.05, 4.69) is 32.5 Å². The molecular weight excluding hydrogens is 445 g/mol. The highest BCUT2D eigenvalue weighted by molar-refractivity contribution is 14.0. The molecule has 5 nitrogen and oxygen atoms in total. The number of hydrogen-bond donors (Lipinski definition) is 2. The molecule has 8 heteroatoms. The molecule has 126 valence electrons. The minimum absolute atomic E-state index is 0. The van der Waals surface area contributed by atoms with Crippen LogP contribution < -0.4 is 10.6 Å². The molecule has 2 N–H and O–H groups in total. The summed E-state index contributed by atoms with van der Waals surface area (Å²) >= 11 is 7.49. The van der Waals surface area contributed by atoms with Crippen molar-refractivity contribution in [2.75, 3.05) is 6.54 Å². The first-order chi connectivity index (χ1) is 10.6. The third-order valence-electron chi connectivity index (χ3n) is 3.03. The fraction of sp³-hybridized carbons (Fsp3) is 0.400. The molecule has 2 heterocycles. The number of halogens is 2. The van der Waals surface area contributed by atoms with Gasteiger partial charge in [0.2, 0.25) is 0 Å². The lowest BCUT2D eigenvalue weighted by Gasteiger charge is -2.10. The van der Waals surface area contributed by atoms with E-state index >= 15 is 0 Å². The maximum Gasteiger partial charge on any atom is 0.191 e. The molecule has 0 unspecified atom stereocenters. The second kappa shape index (κ2) is 10.0. The van der Waals surface area contributed by atoms with E-state index in [1.807, 2.05) is 19.9 Å². The Hall–Kier alpha value is -0.930. The molecule has 0 aliphatic rings. The third-order valence-corrected chi connectivity index (χ3v) is 4.33. The number of aliphatic imine (C=N–C) groups is 1. The van der Waals surface area contributed by atoms with Gasteiger partial charge in [-0.25, -0.2) is 15.0 Å². The number of aromatic nitrogens is 2. The van der Waals surface area contributed by atoms with Gasteiger partial charge in [0.15, 0.2) is 5.96 Å². The highest BCUT2D eigenvalue weighted by Gasteiger charge is 2.04. The quantitative estimate of drug-likeness (QED) is 0.306. The lowest BCUT2D eigenvalue weighted by Crippen LogP contribution is -2.36. The summed E-state index contributed by atoms with van der Waals surface area (Å²) in [5.41, 5.74) is 2.11. The molecule has 0 aliphatic carbocycles. The monoisotopic (exact) mass is 465 g/mol. The maximum atomic E-state index is 5.78. The molecule has 0 fully saturated rings. The van der Waals surface area contributed by atoms with Gasteiger partial charge >= 0.3 is 0 Å². The number of thiazole rings is 1. The second-order valence-corrected chi connectivity index (χ2v) is 6.46. The Morgan fingerprint density at radius 1 is 1.30 bits per heavy atom. The SMILES string of the molecule is CCNC(=NCc1ccc(Cl)nc1)NCc1nc(C)c(C)s1.I. The van der Waals surface area contributed by atoms with Crippen molar-refractivity contribution in [1.29, 1.82) is 0 Å². The van der Waals surface area contributed by atoms with Crippen LogP contribution in [-0.4, -0.2) is 22.5 Å². The normalized spacial score (nSPS) is 11.0. The van der Waals surface area contributed by atoms with Crippen molar-refractivity contribution in [3.05, 3.63) is 44.6 Å². The van der Waals surface area contributed by atoms with Gasteiger partial charge in [-0.3, -0.25) is 0 Å². The van der Waals surface area contributed by atoms with Crippen LogP contribution in [0.15, 0.2) is 23.3 Å². The van der Waals surface area contributed by atoms with Crippen molar-refractivity contribution in [3.8, 4) is 0 Å². The lowest BCUT2D eigenvalue weighted by molar-refractivity contribution is 0.809.